The number of H-pyrrole nitrogens is 1. The molecule has 7 heteroatoms. The second kappa shape index (κ2) is 8.49. The molecule has 32 heavy (non-hydrogen) atoms. The van der Waals surface area contributed by atoms with Gasteiger partial charge in [-0.1, -0.05) is 30.3 Å². The summed E-state index contributed by atoms with van der Waals surface area (Å²) >= 11 is 0. The molecule has 0 unspecified atom stereocenters. The van der Waals surface area contributed by atoms with Crippen molar-refractivity contribution in [3.8, 4) is 0 Å². The molecule has 3 heterocycles. The van der Waals surface area contributed by atoms with Gasteiger partial charge in [0.15, 0.2) is 0 Å². The summed E-state index contributed by atoms with van der Waals surface area (Å²) < 4.78 is 1.64. The largest absolute Gasteiger partial charge is 0.357 e. The Labute approximate surface area is 186 Å². The lowest BCUT2D eigenvalue weighted by atomic mass is 9.95. The maximum absolute atomic E-state index is 13.3. The highest BCUT2D eigenvalue weighted by atomic mass is 16.2. The summed E-state index contributed by atoms with van der Waals surface area (Å²) in [7, 11) is 0. The predicted molar refractivity (Wildman–Crippen MR) is 121 cm³/mol. The summed E-state index contributed by atoms with van der Waals surface area (Å²) in [4.78, 5) is 43.9. The quantitative estimate of drug-likeness (QED) is 0.630. The number of nitrogens with zero attached hydrogens (tertiary/aromatic N) is 2. The molecule has 1 aliphatic heterocycles. The van der Waals surface area contributed by atoms with Crippen molar-refractivity contribution in [3.63, 3.8) is 0 Å². The molecule has 1 saturated carbocycles. The Morgan fingerprint density at radius 3 is 2.62 bits per heavy atom. The van der Waals surface area contributed by atoms with E-state index in [1.807, 2.05) is 36.5 Å². The Hall–Kier alpha value is -3.61. The van der Waals surface area contributed by atoms with E-state index >= 15 is 0 Å². The van der Waals surface area contributed by atoms with Crippen molar-refractivity contribution in [2.75, 3.05) is 6.54 Å². The highest BCUT2D eigenvalue weighted by molar-refractivity contribution is 5.96. The van der Waals surface area contributed by atoms with E-state index in [2.05, 4.69) is 10.3 Å². The normalized spacial score (nSPS) is 15.3. The highest BCUT2D eigenvalue weighted by Crippen LogP contribution is 2.24. The fourth-order valence-corrected chi connectivity index (χ4v) is 4.30. The lowest BCUT2D eigenvalue weighted by molar-refractivity contribution is 0.0728. The van der Waals surface area contributed by atoms with Gasteiger partial charge in [0.05, 0.1) is 0 Å². The summed E-state index contributed by atoms with van der Waals surface area (Å²) in [5.74, 6) is -0.362. The predicted octanol–water partition coefficient (Wildman–Crippen LogP) is 2.51. The third-order valence-corrected chi connectivity index (χ3v) is 6.21. The first kappa shape index (κ1) is 20.3. The lowest BCUT2D eigenvalue weighted by Gasteiger charge is -2.30. The Balaban J connectivity index is 1.47. The number of nitrogens with one attached hydrogen (secondary N) is 2. The third kappa shape index (κ3) is 4.10. The van der Waals surface area contributed by atoms with Gasteiger partial charge in [-0.05, 0) is 54.5 Å². The zero-order chi connectivity index (χ0) is 22.1. The van der Waals surface area contributed by atoms with Crippen LogP contribution in [-0.4, -0.2) is 38.9 Å². The maximum Gasteiger partial charge on any atom is 0.270 e. The van der Waals surface area contributed by atoms with Crippen LogP contribution in [0.5, 0.6) is 0 Å². The SMILES string of the molecule is O=C(NC1CC1)c1c2c(cn(CCc3ccccc3)c1=O)CN(C(=O)c1ccc[nH]1)CC2. The molecule has 7 nitrogen and oxygen atoms in total. The van der Waals surface area contributed by atoms with E-state index in [1.165, 1.54) is 0 Å². The smallest absolute Gasteiger partial charge is 0.270 e. The van der Waals surface area contributed by atoms with Crippen LogP contribution in [-0.2, 0) is 25.9 Å². The van der Waals surface area contributed by atoms with Gasteiger partial charge in [-0.15, -0.1) is 0 Å². The van der Waals surface area contributed by atoms with Crippen molar-refractivity contribution in [2.45, 2.75) is 44.8 Å². The van der Waals surface area contributed by atoms with Crippen LogP contribution in [0.1, 0.15) is 50.4 Å². The fourth-order valence-electron chi connectivity index (χ4n) is 4.30. The molecular formula is C25H26N4O3. The Morgan fingerprint density at radius 1 is 1.09 bits per heavy atom. The number of amides is 2. The second-order valence-corrected chi connectivity index (χ2v) is 8.55. The monoisotopic (exact) mass is 430 g/mol. The standard InChI is InChI=1S/C25H26N4O3/c30-23(27-19-8-9-19)22-20-11-14-28(24(31)21-7-4-12-26-21)15-18(20)16-29(25(22)32)13-10-17-5-2-1-3-6-17/h1-7,12,16,19,26H,8-11,13-15H2,(H,27,30). The first-order valence-corrected chi connectivity index (χ1v) is 11.1. The molecule has 0 radical (unpaired) electrons. The number of pyridine rings is 1. The number of carbonyl (C=O) groups is 2. The summed E-state index contributed by atoms with van der Waals surface area (Å²) in [5, 5.41) is 2.98. The van der Waals surface area contributed by atoms with Crippen LogP contribution in [0.15, 0.2) is 59.7 Å². The van der Waals surface area contributed by atoms with Gasteiger partial charge in [0.1, 0.15) is 11.3 Å². The number of benzene rings is 1. The van der Waals surface area contributed by atoms with E-state index in [-0.39, 0.29) is 29.0 Å². The van der Waals surface area contributed by atoms with Crippen LogP contribution in [0.25, 0.3) is 0 Å². The molecule has 0 bridgehead atoms. The Kier molecular flexibility index (Phi) is 5.39. The average molecular weight is 431 g/mol. The van der Waals surface area contributed by atoms with E-state index in [4.69, 9.17) is 0 Å². The number of aryl methyl sites for hydroxylation is 2. The van der Waals surface area contributed by atoms with E-state index in [9.17, 15) is 14.4 Å². The Bertz CT molecular complexity index is 1190. The molecule has 5 rings (SSSR count). The summed E-state index contributed by atoms with van der Waals surface area (Å²) in [5.41, 5.74) is 3.31. The van der Waals surface area contributed by atoms with Crippen LogP contribution >= 0.6 is 0 Å². The van der Waals surface area contributed by atoms with Gasteiger partial charge in [-0.3, -0.25) is 14.4 Å². The van der Waals surface area contributed by atoms with Gasteiger partial charge in [-0.2, -0.15) is 0 Å². The van der Waals surface area contributed by atoms with Crippen molar-refractivity contribution < 1.29 is 9.59 Å². The van der Waals surface area contributed by atoms with Crippen LogP contribution in [0.2, 0.25) is 0 Å². The van der Waals surface area contributed by atoms with Gasteiger partial charge in [-0.25, -0.2) is 0 Å². The molecule has 0 spiro atoms. The fraction of sp³-hybridized carbons (Fsp3) is 0.320. The molecule has 1 aliphatic carbocycles. The number of hydrogen-bond acceptors (Lipinski definition) is 3. The number of fused-ring (bicyclic) bond motifs is 1. The third-order valence-electron chi connectivity index (χ3n) is 6.21. The zero-order valence-electron chi connectivity index (χ0n) is 17.8. The summed E-state index contributed by atoms with van der Waals surface area (Å²) in [6.45, 7) is 1.33. The minimum atomic E-state index is -0.285. The number of rotatable bonds is 6. The van der Waals surface area contributed by atoms with Gasteiger partial charge in [0, 0.05) is 38.1 Å². The molecule has 164 valence electrons. The van der Waals surface area contributed by atoms with Crippen molar-refractivity contribution >= 4 is 11.8 Å². The van der Waals surface area contributed by atoms with Crippen molar-refractivity contribution in [1.29, 1.82) is 0 Å². The molecule has 1 fully saturated rings. The average Bonchev–Trinajstić information content (AvgIpc) is 3.45. The molecule has 3 aromatic rings. The molecule has 2 amide bonds. The topological polar surface area (TPSA) is 87.2 Å². The van der Waals surface area contributed by atoms with E-state index < -0.39 is 0 Å². The second-order valence-electron chi connectivity index (χ2n) is 8.55. The molecule has 2 aromatic heterocycles. The number of aromatic nitrogens is 2. The minimum Gasteiger partial charge on any atom is -0.357 e. The number of carbonyl (C=O) groups excluding carboxylic acids is 2. The number of aromatic amines is 1. The van der Waals surface area contributed by atoms with Gasteiger partial charge in [0.25, 0.3) is 17.4 Å². The zero-order valence-corrected chi connectivity index (χ0v) is 17.8. The van der Waals surface area contributed by atoms with E-state index in [0.717, 1.165) is 29.5 Å². The summed E-state index contributed by atoms with van der Waals surface area (Å²) in [6, 6.07) is 13.7. The molecular weight excluding hydrogens is 404 g/mol. The first-order chi connectivity index (χ1) is 15.6. The van der Waals surface area contributed by atoms with Crippen LogP contribution in [0, 0.1) is 0 Å². The van der Waals surface area contributed by atoms with Crippen molar-refractivity contribution in [2.24, 2.45) is 0 Å². The van der Waals surface area contributed by atoms with Crippen molar-refractivity contribution in [1.82, 2.24) is 19.8 Å². The first-order valence-electron chi connectivity index (χ1n) is 11.1. The molecule has 2 N–H and O–H groups in total. The number of hydrogen-bond donors (Lipinski definition) is 2. The van der Waals surface area contributed by atoms with E-state index in [1.54, 1.807) is 27.8 Å². The Morgan fingerprint density at radius 2 is 1.91 bits per heavy atom. The molecule has 0 atom stereocenters. The molecule has 1 aromatic carbocycles. The minimum absolute atomic E-state index is 0.0772. The van der Waals surface area contributed by atoms with Gasteiger partial charge in [0.2, 0.25) is 0 Å². The van der Waals surface area contributed by atoms with E-state index in [0.29, 0.717) is 38.2 Å². The molecule has 2 aliphatic rings. The maximum atomic E-state index is 13.3. The lowest BCUT2D eigenvalue weighted by Crippen LogP contribution is -2.42. The summed E-state index contributed by atoms with van der Waals surface area (Å²) in [6.07, 6.45) is 6.66. The van der Waals surface area contributed by atoms with Crippen LogP contribution in [0.4, 0.5) is 0 Å². The van der Waals surface area contributed by atoms with Crippen LogP contribution < -0.4 is 10.9 Å². The van der Waals surface area contributed by atoms with Crippen LogP contribution in [0.3, 0.4) is 0 Å². The molecule has 0 saturated heterocycles. The van der Waals surface area contributed by atoms with Gasteiger partial charge >= 0.3 is 0 Å². The van der Waals surface area contributed by atoms with Gasteiger partial charge < -0.3 is 19.8 Å². The highest BCUT2D eigenvalue weighted by Gasteiger charge is 2.31. The van der Waals surface area contributed by atoms with Crippen molar-refractivity contribution in [3.05, 3.63) is 93.2 Å².